The molecule has 208 valence electrons. The molecule has 0 aliphatic heterocycles. The first-order valence-corrected chi connectivity index (χ1v) is 12.8. The van der Waals surface area contributed by atoms with Crippen LogP contribution in [0.3, 0.4) is 0 Å². The zero-order valence-electron chi connectivity index (χ0n) is 22.3. The van der Waals surface area contributed by atoms with Gasteiger partial charge in [0.1, 0.15) is 30.2 Å². The van der Waals surface area contributed by atoms with E-state index in [4.69, 9.17) is 19.9 Å². The Morgan fingerprint density at radius 2 is 1.72 bits per heavy atom. The quantitative estimate of drug-likeness (QED) is 0.262. The van der Waals surface area contributed by atoms with Crippen molar-refractivity contribution in [1.29, 1.82) is 0 Å². The summed E-state index contributed by atoms with van der Waals surface area (Å²) in [6, 6.07) is 13.9. The van der Waals surface area contributed by atoms with Gasteiger partial charge in [-0.15, -0.1) is 23.7 Å². The van der Waals surface area contributed by atoms with Crippen molar-refractivity contribution in [1.82, 2.24) is 14.3 Å². The summed E-state index contributed by atoms with van der Waals surface area (Å²) in [6.07, 6.45) is 1.87. The van der Waals surface area contributed by atoms with Crippen molar-refractivity contribution in [3.05, 3.63) is 92.7 Å². The summed E-state index contributed by atoms with van der Waals surface area (Å²) in [6.45, 7) is 4.74. The van der Waals surface area contributed by atoms with Crippen molar-refractivity contribution >= 4 is 23.7 Å². The van der Waals surface area contributed by atoms with Crippen molar-refractivity contribution in [2.24, 2.45) is 5.73 Å². The van der Waals surface area contributed by atoms with E-state index >= 15 is 0 Å². The van der Waals surface area contributed by atoms with Crippen LogP contribution in [0.4, 0.5) is 4.39 Å². The Bertz CT molecular complexity index is 1470. The highest BCUT2D eigenvalue weighted by Crippen LogP contribution is 2.40. The Balaban J connectivity index is 0.00000420. The second-order valence-corrected chi connectivity index (χ2v) is 10.1. The Hall–Kier alpha value is -3.60. The maximum atomic E-state index is 13.0. The lowest BCUT2D eigenvalue weighted by Crippen LogP contribution is -2.26. The lowest BCUT2D eigenvalue weighted by atomic mass is 10.1. The molecular formula is C28H32ClFN4O4S. The molecule has 11 heteroatoms. The van der Waals surface area contributed by atoms with Crippen molar-refractivity contribution in [3.8, 4) is 27.7 Å². The van der Waals surface area contributed by atoms with Crippen LogP contribution in [0.2, 0.25) is 0 Å². The fourth-order valence-corrected chi connectivity index (χ4v) is 5.20. The van der Waals surface area contributed by atoms with Crippen LogP contribution in [0.5, 0.6) is 17.2 Å². The van der Waals surface area contributed by atoms with Gasteiger partial charge in [-0.1, -0.05) is 29.3 Å². The summed E-state index contributed by atoms with van der Waals surface area (Å²) in [4.78, 5) is 14.7. The normalized spacial score (nSPS) is 11.3. The minimum Gasteiger partial charge on any atom is -0.497 e. The van der Waals surface area contributed by atoms with Gasteiger partial charge in [-0.2, -0.15) is 5.10 Å². The SMILES string of the molecule is COc1cc(COc2cc(Cn3cnn(C/C(=C/F)CN)c3=O)sc2-c2cc(C)cc(C)c2)cc(OC)c1.Cl. The Labute approximate surface area is 236 Å². The summed E-state index contributed by atoms with van der Waals surface area (Å²) < 4.78 is 32.7. The molecule has 0 saturated heterocycles. The van der Waals surface area contributed by atoms with E-state index in [0.717, 1.165) is 32.0 Å². The van der Waals surface area contributed by atoms with Gasteiger partial charge in [0.2, 0.25) is 0 Å². The average Bonchev–Trinajstić information content (AvgIpc) is 3.48. The first kappa shape index (κ1) is 29.9. The van der Waals surface area contributed by atoms with Gasteiger partial charge in [-0.05, 0) is 48.7 Å². The van der Waals surface area contributed by atoms with Gasteiger partial charge in [0.25, 0.3) is 0 Å². The molecule has 0 unspecified atom stereocenters. The molecule has 2 N–H and O–H groups in total. The molecule has 0 spiro atoms. The van der Waals surface area contributed by atoms with Crippen LogP contribution in [0.15, 0.2) is 65.5 Å². The maximum absolute atomic E-state index is 13.0. The Kier molecular flexibility index (Phi) is 10.3. The number of hydrogen-bond donors (Lipinski definition) is 1. The van der Waals surface area contributed by atoms with E-state index < -0.39 is 0 Å². The summed E-state index contributed by atoms with van der Waals surface area (Å²) in [5.74, 6) is 2.07. The van der Waals surface area contributed by atoms with Crippen molar-refractivity contribution in [2.75, 3.05) is 20.8 Å². The third kappa shape index (κ3) is 7.29. The van der Waals surface area contributed by atoms with Crippen LogP contribution in [-0.2, 0) is 19.7 Å². The van der Waals surface area contributed by atoms with E-state index in [0.29, 0.717) is 36.7 Å². The van der Waals surface area contributed by atoms with Gasteiger partial charge in [0.05, 0.1) is 38.5 Å². The minimum absolute atomic E-state index is 0. The van der Waals surface area contributed by atoms with Crippen molar-refractivity contribution < 1.29 is 18.6 Å². The summed E-state index contributed by atoms with van der Waals surface area (Å²) in [5.41, 5.74) is 9.70. The molecule has 2 heterocycles. The number of hydrogen-bond acceptors (Lipinski definition) is 7. The van der Waals surface area contributed by atoms with Crippen molar-refractivity contribution in [3.63, 3.8) is 0 Å². The zero-order chi connectivity index (χ0) is 27.2. The zero-order valence-corrected chi connectivity index (χ0v) is 23.9. The average molecular weight is 575 g/mol. The molecule has 0 amide bonds. The predicted molar refractivity (Wildman–Crippen MR) is 154 cm³/mol. The molecule has 4 aromatic rings. The first-order chi connectivity index (χ1) is 18.3. The predicted octanol–water partition coefficient (Wildman–Crippen LogP) is 5.27. The lowest BCUT2D eigenvalue weighted by molar-refractivity contribution is 0.306. The first-order valence-electron chi connectivity index (χ1n) is 12.0. The minimum atomic E-state index is -0.343. The van der Waals surface area contributed by atoms with Crippen LogP contribution in [0.1, 0.15) is 21.6 Å². The summed E-state index contributed by atoms with van der Waals surface area (Å²) >= 11 is 1.55. The molecule has 0 aliphatic rings. The number of aryl methyl sites for hydroxylation is 2. The highest BCUT2D eigenvalue weighted by atomic mass is 35.5. The molecule has 0 bridgehead atoms. The number of ether oxygens (including phenoxy) is 3. The largest absolute Gasteiger partial charge is 0.497 e. The van der Waals surface area contributed by atoms with Gasteiger partial charge >= 0.3 is 5.69 Å². The molecule has 0 aliphatic carbocycles. The molecular weight excluding hydrogens is 543 g/mol. The van der Waals surface area contributed by atoms with Crippen LogP contribution in [-0.4, -0.2) is 35.1 Å². The molecule has 0 atom stereocenters. The van der Waals surface area contributed by atoms with Crippen LogP contribution in [0, 0.1) is 13.8 Å². The van der Waals surface area contributed by atoms with E-state index in [9.17, 15) is 9.18 Å². The highest BCUT2D eigenvalue weighted by molar-refractivity contribution is 7.16. The molecule has 2 aromatic carbocycles. The number of thiophene rings is 1. The highest BCUT2D eigenvalue weighted by Gasteiger charge is 2.16. The van der Waals surface area contributed by atoms with Gasteiger partial charge in [0.15, 0.2) is 0 Å². The Morgan fingerprint density at radius 1 is 1.05 bits per heavy atom. The van der Waals surface area contributed by atoms with Gasteiger partial charge in [0, 0.05) is 17.5 Å². The molecule has 8 nitrogen and oxygen atoms in total. The number of aromatic nitrogens is 3. The van der Waals surface area contributed by atoms with Crippen LogP contribution < -0.4 is 25.6 Å². The van der Waals surface area contributed by atoms with E-state index in [1.807, 2.05) is 24.3 Å². The fourth-order valence-electron chi connectivity index (χ4n) is 4.12. The van der Waals surface area contributed by atoms with Gasteiger partial charge in [-0.25, -0.2) is 13.9 Å². The molecule has 39 heavy (non-hydrogen) atoms. The second kappa shape index (κ2) is 13.5. The molecule has 4 rings (SSSR count). The third-order valence-corrected chi connectivity index (χ3v) is 7.08. The summed E-state index contributed by atoms with van der Waals surface area (Å²) in [7, 11) is 3.22. The van der Waals surface area contributed by atoms with E-state index in [1.165, 1.54) is 15.6 Å². The van der Waals surface area contributed by atoms with Gasteiger partial charge in [-0.3, -0.25) is 4.57 Å². The van der Waals surface area contributed by atoms with Gasteiger partial charge < -0.3 is 19.9 Å². The van der Waals surface area contributed by atoms with E-state index in [1.54, 1.807) is 25.6 Å². The van der Waals surface area contributed by atoms with Crippen molar-refractivity contribution in [2.45, 2.75) is 33.5 Å². The number of nitrogens with zero attached hydrogens (tertiary/aromatic N) is 3. The summed E-state index contributed by atoms with van der Waals surface area (Å²) in [5, 5.41) is 4.12. The smallest absolute Gasteiger partial charge is 0.346 e. The number of halogens is 2. The maximum Gasteiger partial charge on any atom is 0.346 e. The van der Waals surface area contributed by atoms with E-state index in [2.05, 4.69) is 37.1 Å². The molecule has 0 radical (unpaired) electrons. The monoisotopic (exact) mass is 574 g/mol. The molecule has 0 saturated carbocycles. The standard InChI is InChI=1S/C28H31FN4O4S.ClH/c1-18-5-19(2)7-22(6-18)27-26(37-16-20-8-23(35-3)10-24(9-20)36-4)11-25(38-27)15-32-17-31-33(28(32)34)14-21(12-29)13-30;/h5-12,17H,13-16,30H2,1-4H3;1H/b21-12+;. The molecule has 0 fully saturated rings. The topological polar surface area (TPSA) is 93.5 Å². The number of rotatable bonds is 11. The second-order valence-electron chi connectivity index (χ2n) is 8.96. The lowest BCUT2D eigenvalue weighted by Gasteiger charge is -2.11. The van der Waals surface area contributed by atoms with E-state index in [-0.39, 0.29) is 36.8 Å². The third-order valence-electron chi connectivity index (χ3n) is 5.93. The van der Waals surface area contributed by atoms with Crippen LogP contribution in [0.25, 0.3) is 10.4 Å². The number of benzene rings is 2. The Morgan fingerprint density at radius 3 is 2.31 bits per heavy atom. The molecule has 2 aromatic heterocycles. The van der Waals surface area contributed by atoms with Crippen LogP contribution >= 0.6 is 23.7 Å². The number of methoxy groups -OCH3 is 2. The fraction of sp³-hybridized carbons (Fsp3) is 0.286. The number of nitrogens with two attached hydrogens (primary N) is 1.